The van der Waals surface area contributed by atoms with Crippen LogP contribution in [0, 0.1) is 0 Å². The van der Waals surface area contributed by atoms with E-state index in [-0.39, 0.29) is 30.1 Å². The zero-order chi connectivity index (χ0) is 18.1. The third-order valence-corrected chi connectivity index (χ3v) is 5.24. The quantitative estimate of drug-likeness (QED) is 0.313. The Labute approximate surface area is 154 Å². The number of hydroxylamine groups is 3. The largest absolute Gasteiger partial charge is 0.345 e. The molecular formula is C13H20N8O4S. The fourth-order valence-electron chi connectivity index (χ4n) is 3.74. The van der Waals surface area contributed by atoms with Crippen molar-refractivity contribution in [1.29, 1.82) is 0 Å². The van der Waals surface area contributed by atoms with Gasteiger partial charge in [0.2, 0.25) is 0 Å². The van der Waals surface area contributed by atoms with Crippen LogP contribution in [0.25, 0.3) is 0 Å². The zero-order valence-corrected chi connectivity index (χ0v) is 14.8. The van der Waals surface area contributed by atoms with Gasteiger partial charge >= 0.3 is 6.03 Å². The molecule has 0 spiro atoms. The van der Waals surface area contributed by atoms with E-state index < -0.39 is 6.04 Å². The summed E-state index contributed by atoms with van der Waals surface area (Å²) < 4.78 is 4.80. The highest BCUT2D eigenvalue weighted by molar-refractivity contribution is 7.75. The average Bonchev–Trinajstić information content (AvgIpc) is 3.37. The maximum atomic E-state index is 12.4. The van der Waals surface area contributed by atoms with Crippen molar-refractivity contribution in [2.75, 3.05) is 19.7 Å². The van der Waals surface area contributed by atoms with E-state index in [0.29, 0.717) is 32.5 Å². The summed E-state index contributed by atoms with van der Waals surface area (Å²) in [6.07, 6.45) is 3.41. The van der Waals surface area contributed by atoms with Crippen LogP contribution < -0.4 is 10.8 Å². The highest BCUT2D eigenvalue weighted by Gasteiger charge is 2.48. The average molecular weight is 384 g/mol. The summed E-state index contributed by atoms with van der Waals surface area (Å²) in [5, 5.41) is 16.1. The number of tetrazole rings is 1. The van der Waals surface area contributed by atoms with Gasteiger partial charge in [0.05, 0.1) is 18.7 Å². The lowest BCUT2D eigenvalue weighted by Gasteiger charge is -2.29. The Morgan fingerprint density at radius 2 is 2.31 bits per heavy atom. The Kier molecular flexibility index (Phi) is 4.93. The predicted octanol–water partition coefficient (Wildman–Crippen LogP) is -1.33. The van der Waals surface area contributed by atoms with Crippen LogP contribution in [0.15, 0.2) is 6.33 Å². The lowest BCUT2D eigenvalue weighted by Crippen LogP contribution is -2.50. The van der Waals surface area contributed by atoms with E-state index in [2.05, 4.69) is 39.1 Å². The second kappa shape index (κ2) is 7.34. The SMILES string of the molecule is O=C(NOC[C@H]1C[C@H](n2ncnn2)CN1)C1CCC2CN1C(=O)N2OS. The Bertz CT molecular complexity index is 661. The number of carbonyl (C=O) groups is 2. The van der Waals surface area contributed by atoms with E-state index in [1.54, 1.807) is 4.80 Å². The summed E-state index contributed by atoms with van der Waals surface area (Å²) >= 11 is 3.71. The zero-order valence-electron chi connectivity index (χ0n) is 13.9. The molecule has 1 aromatic heterocycles. The highest BCUT2D eigenvalue weighted by atomic mass is 32.1. The summed E-state index contributed by atoms with van der Waals surface area (Å²) in [7, 11) is 0. The van der Waals surface area contributed by atoms with E-state index in [4.69, 9.17) is 9.12 Å². The molecule has 0 saturated carbocycles. The Morgan fingerprint density at radius 1 is 1.42 bits per heavy atom. The number of rotatable bonds is 6. The fourth-order valence-corrected chi connectivity index (χ4v) is 3.94. The topological polar surface area (TPSA) is 127 Å². The van der Waals surface area contributed by atoms with Crippen LogP contribution in [0.5, 0.6) is 0 Å². The summed E-state index contributed by atoms with van der Waals surface area (Å²) in [5.41, 5.74) is 2.46. The third kappa shape index (κ3) is 3.22. The van der Waals surface area contributed by atoms with Gasteiger partial charge in [-0.1, -0.05) is 0 Å². The van der Waals surface area contributed by atoms with E-state index in [1.807, 2.05) is 0 Å². The van der Waals surface area contributed by atoms with Crippen LogP contribution in [-0.4, -0.2) is 79.9 Å². The van der Waals surface area contributed by atoms with Crippen molar-refractivity contribution in [3.8, 4) is 0 Å². The lowest BCUT2D eigenvalue weighted by atomic mass is 10.0. The molecule has 26 heavy (non-hydrogen) atoms. The molecule has 0 aromatic carbocycles. The van der Waals surface area contributed by atoms with Gasteiger partial charge in [0.25, 0.3) is 5.91 Å². The molecule has 142 valence electrons. The van der Waals surface area contributed by atoms with Crippen LogP contribution in [0.4, 0.5) is 4.79 Å². The number of thiol groups is 1. The van der Waals surface area contributed by atoms with Crippen molar-refractivity contribution < 1.29 is 18.7 Å². The van der Waals surface area contributed by atoms with Crippen molar-refractivity contribution in [1.82, 2.24) is 41.0 Å². The first-order valence-corrected chi connectivity index (χ1v) is 8.82. The van der Waals surface area contributed by atoms with Crippen LogP contribution in [0.2, 0.25) is 0 Å². The van der Waals surface area contributed by atoms with Crippen molar-refractivity contribution >= 4 is 24.8 Å². The van der Waals surface area contributed by atoms with E-state index in [0.717, 1.165) is 6.42 Å². The van der Waals surface area contributed by atoms with Gasteiger partial charge in [-0.15, -0.1) is 10.2 Å². The predicted molar refractivity (Wildman–Crippen MR) is 88.2 cm³/mol. The van der Waals surface area contributed by atoms with Gasteiger partial charge in [0, 0.05) is 32.0 Å². The molecule has 4 rings (SSSR count). The molecule has 4 heterocycles. The van der Waals surface area contributed by atoms with E-state index >= 15 is 0 Å². The van der Waals surface area contributed by atoms with Crippen molar-refractivity contribution in [3.63, 3.8) is 0 Å². The van der Waals surface area contributed by atoms with Gasteiger partial charge < -0.3 is 10.2 Å². The second-order valence-electron chi connectivity index (χ2n) is 6.62. The summed E-state index contributed by atoms with van der Waals surface area (Å²) in [5.74, 6) is -0.328. The number of piperidine rings is 1. The molecular weight excluding hydrogens is 364 g/mol. The number of aromatic nitrogens is 4. The maximum Gasteiger partial charge on any atom is 0.345 e. The molecule has 3 fully saturated rings. The van der Waals surface area contributed by atoms with Gasteiger partial charge in [0.1, 0.15) is 6.04 Å². The first-order valence-electron chi connectivity index (χ1n) is 8.46. The number of carbonyl (C=O) groups excluding carboxylic acids is 2. The number of hydrogen-bond donors (Lipinski definition) is 3. The highest BCUT2D eigenvalue weighted by Crippen LogP contribution is 2.30. The summed E-state index contributed by atoms with van der Waals surface area (Å²) in [6, 6.07) is -0.774. The number of urea groups is 1. The molecule has 1 aromatic rings. The number of nitrogens with one attached hydrogen (secondary N) is 2. The minimum atomic E-state index is -0.559. The normalized spacial score (nSPS) is 30.9. The van der Waals surface area contributed by atoms with Crippen molar-refractivity contribution in [2.45, 2.75) is 43.4 Å². The molecule has 2 unspecified atom stereocenters. The Morgan fingerprint density at radius 3 is 3.08 bits per heavy atom. The standard InChI is InChI=1S/C13H20N8O4S/c22-12(11-2-1-9-5-19(11)13(23)20(9)25-26)17-24-6-8-3-10(4-14-8)21-16-7-15-18-21/h7-11,14,26H,1-6H2,(H,17,22)/t8-,9?,10+,11?/m1/s1. The lowest BCUT2D eigenvalue weighted by molar-refractivity contribution is -0.139. The van der Waals surface area contributed by atoms with E-state index in [1.165, 1.54) is 16.3 Å². The van der Waals surface area contributed by atoms with Crippen molar-refractivity contribution in [2.24, 2.45) is 0 Å². The molecule has 0 aliphatic carbocycles. The number of hydrogen-bond acceptors (Lipinski definition) is 9. The molecule has 2 N–H and O–H groups in total. The molecule has 3 amide bonds. The molecule has 3 aliphatic heterocycles. The number of amides is 3. The molecule has 3 saturated heterocycles. The number of fused-ring (bicyclic) bond motifs is 2. The molecule has 12 nitrogen and oxygen atoms in total. The van der Waals surface area contributed by atoms with Crippen molar-refractivity contribution in [3.05, 3.63) is 6.33 Å². The second-order valence-corrected chi connectivity index (χ2v) is 6.78. The molecule has 2 bridgehead atoms. The van der Waals surface area contributed by atoms with Gasteiger partial charge in [-0.2, -0.15) is 9.86 Å². The van der Waals surface area contributed by atoms with E-state index in [9.17, 15) is 9.59 Å². The Balaban J connectivity index is 1.23. The minimum absolute atomic E-state index is 0.0602. The smallest absolute Gasteiger partial charge is 0.309 e. The first kappa shape index (κ1) is 17.5. The third-order valence-electron chi connectivity index (χ3n) is 5.06. The maximum absolute atomic E-state index is 12.4. The van der Waals surface area contributed by atoms with Gasteiger partial charge in [-0.3, -0.25) is 9.63 Å². The molecule has 0 radical (unpaired) electrons. The van der Waals surface area contributed by atoms with Crippen LogP contribution in [0.3, 0.4) is 0 Å². The minimum Gasteiger partial charge on any atom is -0.309 e. The summed E-state index contributed by atoms with van der Waals surface area (Å²) in [6.45, 7) is 1.48. The van der Waals surface area contributed by atoms with Gasteiger partial charge in [0.15, 0.2) is 6.33 Å². The Hall–Kier alpha value is -1.96. The van der Waals surface area contributed by atoms with Crippen LogP contribution in [0.1, 0.15) is 25.3 Å². The first-order chi connectivity index (χ1) is 12.7. The summed E-state index contributed by atoms with van der Waals surface area (Å²) in [4.78, 5) is 33.0. The van der Waals surface area contributed by atoms with Gasteiger partial charge in [-0.05, 0) is 24.5 Å². The fraction of sp³-hybridized carbons (Fsp3) is 0.769. The molecule has 3 aliphatic rings. The van der Waals surface area contributed by atoms with Gasteiger partial charge in [-0.25, -0.2) is 14.6 Å². The molecule has 4 atom stereocenters. The monoisotopic (exact) mass is 384 g/mol. The van der Waals surface area contributed by atoms with Crippen LogP contribution >= 0.6 is 12.9 Å². The molecule has 13 heteroatoms. The number of nitrogens with zero attached hydrogens (tertiary/aromatic N) is 6. The van der Waals surface area contributed by atoms with Crippen LogP contribution in [-0.2, 0) is 13.9 Å².